The van der Waals surface area contributed by atoms with Gasteiger partial charge in [-0.15, -0.1) is 0 Å². The summed E-state index contributed by atoms with van der Waals surface area (Å²) in [5.74, 6) is -2.13. The largest absolute Gasteiger partial charge is 0.478 e. The summed E-state index contributed by atoms with van der Waals surface area (Å²) < 4.78 is 42.5. The fourth-order valence-electron chi connectivity index (χ4n) is 4.25. The maximum Gasteiger partial charge on any atom is 0.335 e. The van der Waals surface area contributed by atoms with Crippen LogP contribution in [0.2, 0.25) is 0 Å². The fourth-order valence-corrected chi connectivity index (χ4v) is 5.94. The van der Waals surface area contributed by atoms with E-state index in [1.54, 1.807) is 0 Å². The summed E-state index contributed by atoms with van der Waals surface area (Å²) in [6, 6.07) is 18.4. The second-order valence-electron chi connectivity index (χ2n) is 8.18. The lowest BCUT2D eigenvalue weighted by molar-refractivity contribution is 0.0696. The van der Waals surface area contributed by atoms with Crippen molar-refractivity contribution in [2.75, 3.05) is 23.7 Å². The standard InChI is InChI=1S/C24H21Br2FN2O4S/c1-34(32,33)29(21-11-17(24(30)31)10-20(27)12-21)22-13-28(14-22)23(15-2-6-18(25)7-3-15)16-4-8-19(26)9-5-16/h2-12,22-23H,13-14H2,1H3,(H,30,31). The minimum Gasteiger partial charge on any atom is -0.478 e. The molecule has 178 valence electrons. The van der Waals surface area contributed by atoms with Crippen molar-refractivity contribution in [3.05, 3.63) is 98.2 Å². The van der Waals surface area contributed by atoms with Gasteiger partial charge in [0.05, 0.1) is 29.6 Å². The van der Waals surface area contributed by atoms with Crippen molar-refractivity contribution in [3.63, 3.8) is 0 Å². The molecule has 0 aliphatic carbocycles. The zero-order valence-electron chi connectivity index (χ0n) is 18.0. The number of carbonyl (C=O) groups is 1. The number of rotatable bonds is 7. The molecule has 6 nitrogen and oxygen atoms in total. The highest BCUT2D eigenvalue weighted by atomic mass is 79.9. The molecule has 34 heavy (non-hydrogen) atoms. The van der Waals surface area contributed by atoms with Crippen LogP contribution in [0.3, 0.4) is 0 Å². The molecule has 1 heterocycles. The summed E-state index contributed by atoms with van der Waals surface area (Å²) in [5.41, 5.74) is 1.80. The Bertz CT molecular complexity index is 1270. The molecule has 0 unspecified atom stereocenters. The first kappa shape index (κ1) is 24.8. The number of hydrogen-bond donors (Lipinski definition) is 1. The first-order valence-corrected chi connectivity index (χ1v) is 13.7. The van der Waals surface area contributed by atoms with E-state index in [1.165, 1.54) is 6.07 Å². The molecule has 1 saturated heterocycles. The van der Waals surface area contributed by atoms with E-state index in [0.717, 1.165) is 42.8 Å². The molecule has 1 aliphatic heterocycles. The second kappa shape index (κ2) is 9.77. The van der Waals surface area contributed by atoms with E-state index >= 15 is 0 Å². The topological polar surface area (TPSA) is 77.9 Å². The Kier molecular flexibility index (Phi) is 7.14. The van der Waals surface area contributed by atoms with E-state index < -0.39 is 27.9 Å². The number of anilines is 1. The number of carboxylic acid groups (broad SMARTS) is 1. The Morgan fingerprint density at radius 2 is 1.50 bits per heavy atom. The third-order valence-corrected chi connectivity index (χ3v) is 7.98. The van der Waals surface area contributed by atoms with Gasteiger partial charge in [-0.2, -0.15) is 0 Å². The quantitative estimate of drug-likeness (QED) is 0.393. The zero-order chi connectivity index (χ0) is 24.6. The van der Waals surface area contributed by atoms with E-state index in [9.17, 15) is 22.7 Å². The lowest BCUT2D eigenvalue weighted by Crippen LogP contribution is -2.61. The Hall–Kier alpha value is -2.27. The van der Waals surface area contributed by atoms with Crippen LogP contribution in [-0.2, 0) is 10.0 Å². The van der Waals surface area contributed by atoms with Gasteiger partial charge in [-0.05, 0) is 53.6 Å². The Morgan fingerprint density at radius 3 is 1.94 bits per heavy atom. The first-order valence-electron chi connectivity index (χ1n) is 10.3. The second-order valence-corrected chi connectivity index (χ2v) is 11.9. The molecule has 0 saturated carbocycles. The third-order valence-electron chi connectivity index (χ3n) is 5.70. The maximum absolute atomic E-state index is 14.1. The highest BCUT2D eigenvalue weighted by molar-refractivity contribution is 9.10. The number of halogens is 3. The summed E-state index contributed by atoms with van der Waals surface area (Å²) in [4.78, 5) is 13.5. The van der Waals surface area contributed by atoms with Crippen molar-refractivity contribution in [1.82, 2.24) is 4.90 Å². The van der Waals surface area contributed by atoms with Gasteiger partial charge in [-0.1, -0.05) is 56.1 Å². The van der Waals surface area contributed by atoms with Gasteiger partial charge in [0.25, 0.3) is 0 Å². The average Bonchev–Trinajstić information content (AvgIpc) is 2.73. The molecule has 3 aromatic rings. The van der Waals surface area contributed by atoms with Gasteiger partial charge in [0, 0.05) is 22.0 Å². The maximum atomic E-state index is 14.1. The molecule has 3 aromatic carbocycles. The molecule has 1 fully saturated rings. The third kappa shape index (κ3) is 5.35. The molecule has 1 aliphatic rings. The number of benzene rings is 3. The van der Waals surface area contributed by atoms with Crippen LogP contribution in [-0.4, -0.2) is 49.8 Å². The molecule has 0 spiro atoms. The van der Waals surface area contributed by atoms with Crippen molar-refractivity contribution in [2.24, 2.45) is 0 Å². The predicted octanol–water partition coefficient (Wildman–Crippen LogP) is 5.29. The van der Waals surface area contributed by atoms with Crippen molar-refractivity contribution >= 4 is 53.5 Å². The van der Waals surface area contributed by atoms with Crippen LogP contribution in [0.25, 0.3) is 0 Å². The summed E-state index contributed by atoms with van der Waals surface area (Å²) >= 11 is 6.92. The summed E-state index contributed by atoms with van der Waals surface area (Å²) in [7, 11) is -3.79. The normalized spacial score (nSPS) is 14.7. The molecule has 1 N–H and O–H groups in total. The van der Waals surface area contributed by atoms with Crippen LogP contribution >= 0.6 is 31.9 Å². The molecular weight excluding hydrogens is 591 g/mol. The van der Waals surface area contributed by atoms with Gasteiger partial charge in [0.2, 0.25) is 10.0 Å². The number of carboxylic acids is 1. The molecule has 0 amide bonds. The van der Waals surface area contributed by atoms with Crippen LogP contribution < -0.4 is 4.31 Å². The van der Waals surface area contributed by atoms with E-state index in [0.29, 0.717) is 13.1 Å². The van der Waals surface area contributed by atoms with Crippen molar-refractivity contribution in [2.45, 2.75) is 12.1 Å². The lowest BCUT2D eigenvalue weighted by atomic mass is 9.93. The number of aromatic carboxylic acids is 1. The van der Waals surface area contributed by atoms with Crippen molar-refractivity contribution in [1.29, 1.82) is 0 Å². The van der Waals surface area contributed by atoms with Crippen LogP contribution in [0, 0.1) is 5.82 Å². The lowest BCUT2D eigenvalue weighted by Gasteiger charge is -2.48. The minimum absolute atomic E-state index is 0.00776. The fraction of sp³-hybridized carbons (Fsp3) is 0.208. The van der Waals surface area contributed by atoms with Gasteiger partial charge < -0.3 is 5.11 Å². The molecule has 4 rings (SSSR count). The molecule has 0 aromatic heterocycles. The molecule has 0 bridgehead atoms. The monoisotopic (exact) mass is 610 g/mol. The first-order chi connectivity index (χ1) is 16.0. The van der Waals surface area contributed by atoms with Crippen LogP contribution in [0.15, 0.2) is 75.7 Å². The Balaban J connectivity index is 1.66. The molecule has 0 atom stereocenters. The van der Waals surface area contributed by atoms with Gasteiger partial charge in [0.1, 0.15) is 5.82 Å². The predicted molar refractivity (Wildman–Crippen MR) is 136 cm³/mol. The number of likely N-dealkylation sites (tertiary alicyclic amines) is 1. The van der Waals surface area contributed by atoms with Gasteiger partial charge in [-0.3, -0.25) is 9.21 Å². The van der Waals surface area contributed by atoms with Crippen LogP contribution in [0.4, 0.5) is 10.1 Å². The van der Waals surface area contributed by atoms with E-state index in [-0.39, 0.29) is 17.3 Å². The molecular formula is C24H21Br2FN2O4S. The molecule has 0 radical (unpaired) electrons. The van der Waals surface area contributed by atoms with E-state index in [1.807, 2.05) is 48.5 Å². The van der Waals surface area contributed by atoms with Gasteiger partial charge in [0.15, 0.2) is 0 Å². The number of sulfonamides is 1. The molecule has 10 heteroatoms. The average molecular weight is 612 g/mol. The highest BCUT2D eigenvalue weighted by Crippen LogP contribution is 2.37. The highest BCUT2D eigenvalue weighted by Gasteiger charge is 2.41. The summed E-state index contributed by atoms with van der Waals surface area (Å²) in [6.45, 7) is 0.783. The summed E-state index contributed by atoms with van der Waals surface area (Å²) in [6.07, 6.45) is 1.04. The van der Waals surface area contributed by atoms with Crippen molar-refractivity contribution < 1.29 is 22.7 Å². The zero-order valence-corrected chi connectivity index (χ0v) is 22.0. The van der Waals surface area contributed by atoms with Crippen LogP contribution in [0.5, 0.6) is 0 Å². The number of nitrogens with zero attached hydrogens (tertiary/aromatic N) is 2. The smallest absolute Gasteiger partial charge is 0.335 e. The van der Waals surface area contributed by atoms with Gasteiger partial charge >= 0.3 is 5.97 Å². The van der Waals surface area contributed by atoms with Gasteiger partial charge in [-0.25, -0.2) is 17.6 Å². The van der Waals surface area contributed by atoms with Crippen molar-refractivity contribution in [3.8, 4) is 0 Å². The summed E-state index contributed by atoms with van der Waals surface area (Å²) in [5, 5.41) is 9.28. The van der Waals surface area contributed by atoms with E-state index in [2.05, 4.69) is 36.8 Å². The SMILES string of the molecule is CS(=O)(=O)N(c1cc(F)cc(C(=O)O)c1)C1CN(C(c2ccc(Br)cc2)c2ccc(Br)cc2)C1. The minimum atomic E-state index is -3.79. The number of hydrogen-bond acceptors (Lipinski definition) is 4. The Labute approximate surface area is 214 Å². The van der Waals surface area contributed by atoms with E-state index in [4.69, 9.17) is 0 Å². The Morgan fingerprint density at radius 1 is 1.00 bits per heavy atom. The van der Waals surface area contributed by atoms with Crippen LogP contribution in [0.1, 0.15) is 27.5 Å².